The Labute approximate surface area is 164 Å². The first kappa shape index (κ1) is 18.9. The Morgan fingerprint density at radius 2 is 1.89 bits per heavy atom. The summed E-state index contributed by atoms with van der Waals surface area (Å²) in [6.07, 6.45) is 5.80. The number of carbonyl (C=O) groups is 1. The molecular formula is C20H27FN6O. The average molecular weight is 386 g/mol. The standard InChI is InChI=1S/C20H27FN6O/c21-17-3-5-18(6-4-17)24-10-12-25(13-11-24)19-2-1-8-26(14-19)20(28)7-9-27-16-22-15-23-27/h3-6,15-16,19H,1-2,7-14H2/t19-/m1/s1. The van der Waals surface area contributed by atoms with Crippen molar-refractivity contribution in [2.45, 2.75) is 31.8 Å². The number of hydrogen-bond acceptors (Lipinski definition) is 5. The van der Waals surface area contributed by atoms with Crippen LogP contribution in [0.4, 0.5) is 10.1 Å². The van der Waals surface area contributed by atoms with E-state index in [1.165, 1.54) is 18.5 Å². The maximum absolute atomic E-state index is 13.1. The van der Waals surface area contributed by atoms with Crippen LogP contribution in [0.15, 0.2) is 36.9 Å². The van der Waals surface area contributed by atoms with Gasteiger partial charge < -0.3 is 9.80 Å². The monoisotopic (exact) mass is 386 g/mol. The number of piperazine rings is 1. The molecule has 8 heteroatoms. The van der Waals surface area contributed by atoms with Crippen LogP contribution in [0.3, 0.4) is 0 Å². The number of aromatic nitrogens is 3. The lowest BCUT2D eigenvalue weighted by Gasteiger charge is -2.44. The van der Waals surface area contributed by atoms with Crippen molar-refractivity contribution in [1.29, 1.82) is 0 Å². The predicted octanol–water partition coefficient (Wildman–Crippen LogP) is 1.62. The van der Waals surface area contributed by atoms with Gasteiger partial charge in [-0.3, -0.25) is 14.4 Å². The van der Waals surface area contributed by atoms with Crippen molar-refractivity contribution in [3.05, 3.63) is 42.7 Å². The SMILES string of the molecule is O=C(CCn1cncn1)N1CCC[C@@H](N2CCN(c3ccc(F)cc3)CC2)C1. The Morgan fingerprint density at radius 3 is 2.61 bits per heavy atom. The number of amides is 1. The van der Waals surface area contributed by atoms with E-state index in [-0.39, 0.29) is 11.7 Å². The summed E-state index contributed by atoms with van der Waals surface area (Å²) in [5, 5.41) is 4.06. The molecule has 0 bridgehead atoms. The summed E-state index contributed by atoms with van der Waals surface area (Å²) in [5.74, 6) is 0.00307. The van der Waals surface area contributed by atoms with Gasteiger partial charge in [0.2, 0.25) is 5.91 Å². The summed E-state index contributed by atoms with van der Waals surface area (Å²) in [6, 6.07) is 7.17. The van der Waals surface area contributed by atoms with Crippen molar-refractivity contribution < 1.29 is 9.18 Å². The van der Waals surface area contributed by atoms with Crippen LogP contribution >= 0.6 is 0 Å². The zero-order chi connectivity index (χ0) is 19.3. The third-order valence-electron chi connectivity index (χ3n) is 5.79. The van der Waals surface area contributed by atoms with Crippen LogP contribution < -0.4 is 4.90 Å². The van der Waals surface area contributed by atoms with E-state index in [2.05, 4.69) is 19.9 Å². The molecule has 4 rings (SSSR count). The van der Waals surface area contributed by atoms with Gasteiger partial charge in [-0.1, -0.05) is 0 Å². The number of aryl methyl sites for hydroxylation is 1. The molecule has 0 saturated carbocycles. The van der Waals surface area contributed by atoms with E-state index in [1.807, 2.05) is 17.0 Å². The zero-order valence-corrected chi connectivity index (χ0v) is 16.1. The number of nitrogens with zero attached hydrogens (tertiary/aromatic N) is 6. The summed E-state index contributed by atoms with van der Waals surface area (Å²) < 4.78 is 14.8. The van der Waals surface area contributed by atoms with E-state index in [0.717, 1.165) is 57.8 Å². The molecule has 0 aliphatic carbocycles. The molecule has 2 aromatic rings. The van der Waals surface area contributed by atoms with Gasteiger partial charge in [0.25, 0.3) is 0 Å². The summed E-state index contributed by atoms with van der Waals surface area (Å²) >= 11 is 0. The maximum atomic E-state index is 13.1. The molecular weight excluding hydrogens is 359 g/mol. The number of halogens is 1. The van der Waals surface area contributed by atoms with Gasteiger partial charge in [0.1, 0.15) is 18.5 Å². The van der Waals surface area contributed by atoms with Crippen molar-refractivity contribution in [3.63, 3.8) is 0 Å². The van der Waals surface area contributed by atoms with Crippen molar-refractivity contribution >= 4 is 11.6 Å². The second-order valence-electron chi connectivity index (χ2n) is 7.54. The highest BCUT2D eigenvalue weighted by Crippen LogP contribution is 2.21. The molecule has 1 aromatic heterocycles. The zero-order valence-electron chi connectivity index (χ0n) is 16.1. The number of piperidine rings is 1. The van der Waals surface area contributed by atoms with Gasteiger partial charge >= 0.3 is 0 Å². The van der Waals surface area contributed by atoms with Gasteiger partial charge in [-0.15, -0.1) is 0 Å². The highest BCUT2D eigenvalue weighted by atomic mass is 19.1. The lowest BCUT2D eigenvalue weighted by molar-refractivity contribution is -0.133. The Bertz CT molecular complexity index is 758. The Hall–Kier alpha value is -2.48. The highest BCUT2D eigenvalue weighted by Gasteiger charge is 2.29. The topological polar surface area (TPSA) is 57.5 Å². The number of hydrogen-bond donors (Lipinski definition) is 0. The normalized spacial score (nSPS) is 21.1. The van der Waals surface area contributed by atoms with Gasteiger partial charge in [0.15, 0.2) is 0 Å². The Balaban J connectivity index is 1.26. The van der Waals surface area contributed by atoms with Gasteiger partial charge in [-0.2, -0.15) is 5.10 Å². The van der Waals surface area contributed by atoms with E-state index in [1.54, 1.807) is 11.0 Å². The fraction of sp³-hybridized carbons (Fsp3) is 0.550. The number of carbonyl (C=O) groups excluding carboxylic acids is 1. The van der Waals surface area contributed by atoms with E-state index >= 15 is 0 Å². The predicted molar refractivity (Wildman–Crippen MR) is 104 cm³/mol. The van der Waals surface area contributed by atoms with Gasteiger partial charge in [0.05, 0.1) is 6.54 Å². The fourth-order valence-electron chi connectivity index (χ4n) is 4.19. The number of likely N-dealkylation sites (tertiary alicyclic amines) is 1. The summed E-state index contributed by atoms with van der Waals surface area (Å²) in [4.78, 5) is 23.3. The molecule has 2 aliphatic rings. The van der Waals surface area contributed by atoms with Gasteiger partial charge in [-0.25, -0.2) is 9.37 Å². The lowest BCUT2D eigenvalue weighted by Crippen LogP contribution is -2.56. The minimum atomic E-state index is -0.196. The van der Waals surface area contributed by atoms with Crippen molar-refractivity contribution in [1.82, 2.24) is 24.6 Å². The first-order valence-electron chi connectivity index (χ1n) is 10.0. The molecule has 2 aliphatic heterocycles. The molecule has 0 N–H and O–H groups in total. The largest absolute Gasteiger partial charge is 0.369 e. The molecule has 2 fully saturated rings. The minimum Gasteiger partial charge on any atom is -0.369 e. The van der Waals surface area contributed by atoms with Crippen molar-refractivity contribution in [2.75, 3.05) is 44.2 Å². The molecule has 150 valence electrons. The molecule has 3 heterocycles. The number of anilines is 1. The molecule has 2 saturated heterocycles. The Morgan fingerprint density at radius 1 is 1.11 bits per heavy atom. The van der Waals surface area contributed by atoms with Gasteiger partial charge in [-0.05, 0) is 37.1 Å². The second-order valence-corrected chi connectivity index (χ2v) is 7.54. The van der Waals surface area contributed by atoms with Crippen molar-refractivity contribution in [3.8, 4) is 0 Å². The van der Waals surface area contributed by atoms with Crippen LogP contribution in [-0.2, 0) is 11.3 Å². The van der Waals surface area contributed by atoms with E-state index in [9.17, 15) is 9.18 Å². The smallest absolute Gasteiger partial charge is 0.224 e. The molecule has 0 unspecified atom stereocenters. The number of benzene rings is 1. The Kier molecular flexibility index (Phi) is 5.85. The molecule has 28 heavy (non-hydrogen) atoms. The molecule has 7 nitrogen and oxygen atoms in total. The summed E-state index contributed by atoms with van der Waals surface area (Å²) in [7, 11) is 0. The van der Waals surface area contributed by atoms with Crippen LogP contribution in [0.1, 0.15) is 19.3 Å². The number of rotatable bonds is 5. The summed E-state index contributed by atoms with van der Waals surface area (Å²) in [5.41, 5.74) is 1.08. The maximum Gasteiger partial charge on any atom is 0.224 e. The first-order chi connectivity index (χ1) is 13.7. The van der Waals surface area contributed by atoms with Crippen LogP contribution in [0.2, 0.25) is 0 Å². The van der Waals surface area contributed by atoms with Crippen LogP contribution in [-0.4, -0.2) is 75.8 Å². The third-order valence-corrected chi connectivity index (χ3v) is 5.79. The van der Waals surface area contributed by atoms with E-state index in [0.29, 0.717) is 19.0 Å². The first-order valence-corrected chi connectivity index (χ1v) is 10.0. The van der Waals surface area contributed by atoms with Crippen molar-refractivity contribution in [2.24, 2.45) is 0 Å². The third kappa shape index (κ3) is 4.49. The quantitative estimate of drug-likeness (QED) is 0.782. The average Bonchev–Trinajstić information content (AvgIpc) is 3.26. The molecule has 0 radical (unpaired) electrons. The van der Waals surface area contributed by atoms with Crippen LogP contribution in [0.25, 0.3) is 0 Å². The summed E-state index contributed by atoms with van der Waals surface area (Å²) in [6.45, 7) is 6.06. The molecule has 1 atom stereocenters. The van der Waals surface area contributed by atoms with E-state index < -0.39 is 0 Å². The minimum absolute atomic E-state index is 0.196. The van der Waals surface area contributed by atoms with E-state index in [4.69, 9.17) is 0 Å². The van der Waals surface area contributed by atoms with Crippen LogP contribution in [0, 0.1) is 5.82 Å². The molecule has 1 amide bonds. The molecule has 1 aromatic carbocycles. The molecule has 0 spiro atoms. The highest BCUT2D eigenvalue weighted by molar-refractivity contribution is 5.76. The van der Waals surface area contributed by atoms with Gasteiger partial charge in [0, 0.05) is 57.4 Å². The lowest BCUT2D eigenvalue weighted by atomic mass is 10.0. The fourth-order valence-corrected chi connectivity index (χ4v) is 4.19. The van der Waals surface area contributed by atoms with Crippen LogP contribution in [0.5, 0.6) is 0 Å². The second kappa shape index (κ2) is 8.68.